The molecule has 0 bridgehead atoms. The maximum absolute atomic E-state index is 14.4. The van der Waals surface area contributed by atoms with Gasteiger partial charge in [-0.25, -0.2) is 19.2 Å². The number of alkyl carbamates (subject to hydrolysis) is 3. The Morgan fingerprint density at radius 2 is 1.17 bits per heavy atom. The van der Waals surface area contributed by atoms with Crippen LogP contribution in [0.3, 0.4) is 0 Å². The third-order valence-electron chi connectivity index (χ3n) is 8.54. The van der Waals surface area contributed by atoms with Crippen molar-refractivity contribution in [2.75, 3.05) is 5.32 Å². The average molecular weight is 825 g/mol. The quantitative estimate of drug-likeness (QED) is 0.147. The van der Waals surface area contributed by atoms with Crippen LogP contribution in [0.4, 0.5) is 20.2 Å². The number of amides is 4. The predicted molar refractivity (Wildman–Crippen MR) is 211 cm³/mol. The molecule has 0 spiro atoms. The summed E-state index contributed by atoms with van der Waals surface area (Å²) in [6.07, 6.45) is -8.18. The van der Waals surface area contributed by atoms with Crippen LogP contribution in [0.5, 0.6) is 0 Å². The maximum Gasteiger partial charge on any atom is 0.408 e. The second kappa shape index (κ2) is 19.0. The number of aliphatic hydroxyl groups is 2. The zero-order valence-corrected chi connectivity index (χ0v) is 36.3. The van der Waals surface area contributed by atoms with Gasteiger partial charge in [0.2, 0.25) is 5.91 Å². The number of ether oxygens (including phenoxy) is 4. The van der Waals surface area contributed by atoms with E-state index in [1.165, 1.54) is 6.07 Å². The van der Waals surface area contributed by atoms with Crippen LogP contribution >= 0.6 is 0 Å². The molecule has 0 aliphatic carbocycles. The van der Waals surface area contributed by atoms with Crippen LogP contribution in [-0.4, -0.2) is 108 Å². The van der Waals surface area contributed by atoms with Gasteiger partial charge in [0.05, 0.1) is 12.1 Å². The van der Waals surface area contributed by atoms with Crippen LogP contribution in [0, 0.1) is 17.8 Å². The smallest absolute Gasteiger partial charge is 0.408 e. The minimum atomic E-state index is -2.73. The number of aliphatic hydroxyl groups excluding tert-OH is 1. The van der Waals surface area contributed by atoms with E-state index in [0.717, 1.165) is 10.8 Å². The summed E-state index contributed by atoms with van der Waals surface area (Å²) in [7, 11) is 0. The van der Waals surface area contributed by atoms with Crippen molar-refractivity contribution < 1.29 is 57.9 Å². The SMILES string of the molecule is CC(C)[C@H](NC(=O)OC(C)(C)C)C(=O)Nc1ccn([C@H]2C[C@@](O)(C(=O)[C@@H](NC(=O)OC(C)(C)C)C(C)C)[C@@H](C(O)C(=O)[C@@H](NC(=O)OC(C)(C)C)C(C)C)O2)c(=O)n1. The molecule has 328 valence electrons. The van der Waals surface area contributed by atoms with Crippen molar-refractivity contribution in [3.8, 4) is 0 Å². The van der Waals surface area contributed by atoms with Crippen LogP contribution < -0.4 is 27.0 Å². The van der Waals surface area contributed by atoms with E-state index in [0.29, 0.717) is 0 Å². The highest BCUT2D eigenvalue weighted by Gasteiger charge is 2.60. The average Bonchev–Trinajstić information content (AvgIpc) is 3.39. The molecule has 6 N–H and O–H groups in total. The lowest BCUT2D eigenvalue weighted by Crippen LogP contribution is -2.62. The topological polar surface area (TPSA) is 263 Å². The monoisotopic (exact) mass is 824 g/mol. The Kier molecular flexibility index (Phi) is 16.2. The number of Topliss-reactive ketones (excluding diaryl/α,β-unsaturated/α-hetero) is 2. The molecule has 2 heterocycles. The molecule has 1 saturated heterocycles. The second-order valence-electron chi connectivity index (χ2n) is 18.4. The number of aromatic nitrogens is 2. The first-order valence-corrected chi connectivity index (χ1v) is 19.3. The Hall–Kier alpha value is -4.62. The van der Waals surface area contributed by atoms with E-state index in [2.05, 4.69) is 26.3 Å². The molecule has 0 radical (unpaired) electrons. The number of carbonyl (C=O) groups excluding carboxylic acids is 6. The molecule has 7 atom stereocenters. The summed E-state index contributed by atoms with van der Waals surface area (Å²) in [4.78, 5) is 96.9. The van der Waals surface area contributed by atoms with Crippen molar-refractivity contribution in [3.05, 3.63) is 22.7 Å². The molecule has 1 unspecified atom stereocenters. The van der Waals surface area contributed by atoms with Crippen molar-refractivity contribution in [2.45, 2.75) is 169 Å². The highest BCUT2D eigenvalue weighted by molar-refractivity contribution is 5.98. The van der Waals surface area contributed by atoms with Crippen LogP contribution in [0.1, 0.15) is 117 Å². The Morgan fingerprint density at radius 1 is 0.759 bits per heavy atom. The fraction of sp³-hybridized carbons (Fsp3) is 0.744. The Morgan fingerprint density at radius 3 is 1.57 bits per heavy atom. The van der Waals surface area contributed by atoms with Crippen molar-refractivity contribution in [2.24, 2.45) is 17.8 Å². The van der Waals surface area contributed by atoms with Gasteiger partial charge in [-0.2, -0.15) is 4.98 Å². The van der Waals surface area contributed by atoms with E-state index < -0.39 is 125 Å². The van der Waals surface area contributed by atoms with Crippen LogP contribution in [0.25, 0.3) is 0 Å². The van der Waals surface area contributed by atoms with Crippen molar-refractivity contribution in [1.29, 1.82) is 0 Å². The maximum atomic E-state index is 14.4. The summed E-state index contributed by atoms with van der Waals surface area (Å²) in [5, 5.41) is 33.8. The van der Waals surface area contributed by atoms with Crippen molar-refractivity contribution in [1.82, 2.24) is 25.5 Å². The summed E-state index contributed by atoms with van der Waals surface area (Å²) in [6.45, 7) is 24.4. The molecule has 2 rings (SSSR count). The normalized spacial score (nSPS) is 20.8. The lowest BCUT2D eigenvalue weighted by atomic mass is 9.79. The Bertz CT molecular complexity index is 1720. The summed E-state index contributed by atoms with van der Waals surface area (Å²) < 4.78 is 22.8. The van der Waals surface area contributed by atoms with Gasteiger partial charge in [-0.15, -0.1) is 0 Å². The van der Waals surface area contributed by atoms with Gasteiger partial charge >= 0.3 is 24.0 Å². The fourth-order valence-corrected chi connectivity index (χ4v) is 5.90. The Labute approximate surface area is 339 Å². The standard InChI is InChI=1S/C39H64N6O13/c1-19(2)24(42-33(51)56-36(7,8)9)27(46)28(47)30-39(54,29(48)25(20(3)4)43-34(52)57-37(10,11)12)18-23(55-30)45-17-16-22(41-32(45)50)40-31(49)26(21(5)6)44-35(53)58-38(13,14)15/h16-17,19-21,23-26,28,30,47,54H,18H2,1-15H3,(H,42,51)(H,43,52)(H,44,53)(H,40,41,49,50)/t23-,24+,25+,26+,28?,30-,39-/m1/s1. The molecular weight excluding hydrogens is 760 g/mol. The molecule has 0 aromatic carbocycles. The van der Waals surface area contributed by atoms with Gasteiger partial charge in [0, 0.05) is 12.6 Å². The van der Waals surface area contributed by atoms with Gasteiger partial charge in [-0.3, -0.25) is 19.0 Å². The fourth-order valence-electron chi connectivity index (χ4n) is 5.90. The highest BCUT2D eigenvalue weighted by atomic mass is 16.6. The zero-order valence-electron chi connectivity index (χ0n) is 36.3. The summed E-state index contributed by atoms with van der Waals surface area (Å²) in [5.74, 6) is -4.72. The number of hydrogen-bond acceptors (Lipinski definition) is 14. The van der Waals surface area contributed by atoms with Crippen LogP contribution in [0.15, 0.2) is 17.1 Å². The van der Waals surface area contributed by atoms with E-state index in [9.17, 15) is 43.8 Å². The molecule has 1 aliphatic rings. The summed E-state index contributed by atoms with van der Waals surface area (Å²) in [5.41, 5.74) is -6.47. The van der Waals surface area contributed by atoms with E-state index in [-0.39, 0.29) is 5.82 Å². The van der Waals surface area contributed by atoms with Gasteiger partial charge in [-0.1, -0.05) is 41.5 Å². The first kappa shape index (κ1) is 49.5. The molecule has 58 heavy (non-hydrogen) atoms. The van der Waals surface area contributed by atoms with Crippen LogP contribution in [0.2, 0.25) is 0 Å². The number of nitrogens with zero attached hydrogens (tertiary/aromatic N) is 2. The molecule has 19 heteroatoms. The third kappa shape index (κ3) is 14.0. The van der Waals surface area contributed by atoms with Crippen molar-refractivity contribution in [3.63, 3.8) is 0 Å². The minimum absolute atomic E-state index is 0.214. The van der Waals surface area contributed by atoms with E-state index in [1.807, 2.05) is 0 Å². The van der Waals surface area contributed by atoms with Gasteiger partial charge < -0.3 is 50.4 Å². The molecule has 4 amide bonds. The number of carbonyl (C=O) groups is 6. The largest absolute Gasteiger partial charge is 0.444 e. The molecule has 0 saturated carbocycles. The Balaban J connectivity index is 2.56. The first-order chi connectivity index (χ1) is 26.3. The number of hydrogen-bond donors (Lipinski definition) is 6. The lowest BCUT2D eigenvalue weighted by Gasteiger charge is -2.35. The van der Waals surface area contributed by atoms with E-state index in [1.54, 1.807) is 104 Å². The van der Waals surface area contributed by atoms with Gasteiger partial charge in [0.15, 0.2) is 17.2 Å². The minimum Gasteiger partial charge on any atom is -0.444 e. The predicted octanol–water partition coefficient (Wildman–Crippen LogP) is 3.35. The molecule has 1 aliphatic heterocycles. The molecule has 1 fully saturated rings. The molecule has 1 aromatic heterocycles. The highest BCUT2D eigenvalue weighted by Crippen LogP contribution is 2.40. The lowest BCUT2D eigenvalue weighted by molar-refractivity contribution is -0.164. The third-order valence-corrected chi connectivity index (χ3v) is 8.54. The van der Waals surface area contributed by atoms with Gasteiger partial charge in [0.1, 0.15) is 47.1 Å². The van der Waals surface area contributed by atoms with Gasteiger partial charge in [-0.05, 0) is 86.1 Å². The number of nitrogens with one attached hydrogen (secondary N) is 4. The summed E-state index contributed by atoms with van der Waals surface area (Å²) >= 11 is 0. The van der Waals surface area contributed by atoms with E-state index >= 15 is 0 Å². The number of anilines is 1. The van der Waals surface area contributed by atoms with Gasteiger partial charge in [0.25, 0.3) is 0 Å². The van der Waals surface area contributed by atoms with Crippen LogP contribution in [-0.2, 0) is 33.3 Å². The first-order valence-electron chi connectivity index (χ1n) is 19.3. The van der Waals surface area contributed by atoms with Crippen molar-refractivity contribution >= 4 is 41.6 Å². The molecular formula is C39H64N6O13. The molecule has 1 aromatic rings. The number of ketones is 2. The second-order valence-corrected chi connectivity index (χ2v) is 18.4. The number of rotatable bonds is 14. The molecule has 19 nitrogen and oxygen atoms in total. The van der Waals surface area contributed by atoms with E-state index in [4.69, 9.17) is 18.9 Å². The summed E-state index contributed by atoms with van der Waals surface area (Å²) in [6, 6.07) is -2.69. The zero-order chi connectivity index (χ0) is 44.9.